The number of carbonyl (C=O) groups is 1. The summed E-state index contributed by atoms with van der Waals surface area (Å²) in [7, 11) is 0. The number of amides is 1. The third-order valence-corrected chi connectivity index (χ3v) is 3.76. The van der Waals surface area contributed by atoms with Crippen molar-refractivity contribution < 1.29 is 9.90 Å². The van der Waals surface area contributed by atoms with E-state index in [1.54, 1.807) is 6.07 Å². The topological polar surface area (TPSA) is 79.5 Å². The van der Waals surface area contributed by atoms with E-state index >= 15 is 0 Å². The first-order valence-electron chi connectivity index (χ1n) is 7.30. The molecule has 1 atom stereocenters. The van der Waals surface area contributed by atoms with Crippen LogP contribution >= 0.6 is 0 Å². The summed E-state index contributed by atoms with van der Waals surface area (Å²) in [6.45, 7) is 3.75. The van der Waals surface area contributed by atoms with Crippen molar-refractivity contribution >= 4 is 11.7 Å². The average Bonchev–Trinajstić information content (AvgIpc) is 2.86. The number of nitrogens with two attached hydrogens (primary N) is 1. The molecular weight excluding hydrogens is 254 g/mol. The third-order valence-electron chi connectivity index (χ3n) is 3.76. The predicted molar refractivity (Wildman–Crippen MR) is 78.4 cm³/mol. The number of nitrogen functional groups attached to an aromatic ring is 1. The van der Waals surface area contributed by atoms with Gasteiger partial charge in [0.25, 0.3) is 5.91 Å². The molecule has 0 saturated carbocycles. The van der Waals surface area contributed by atoms with Gasteiger partial charge in [0.1, 0.15) is 5.82 Å². The zero-order chi connectivity index (χ0) is 14.5. The molecule has 1 aliphatic rings. The van der Waals surface area contributed by atoms with Crippen molar-refractivity contribution in [2.45, 2.75) is 32.6 Å². The van der Waals surface area contributed by atoms with Crippen molar-refractivity contribution in [3.05, 3.63) is 23.4 Å². The van der Waals surface area contributed by atoms with Gasteiger partial charge in [0.05, 0.1) is 0 Å². The summed E-state index contributed by atoms with van der Waals surface area (Å²) >= 11 is 0. The molecule has 1 aromatic heterocycles. The first-order valence-corrected chi connectivity index (χ1v) is 7.30. The van der Waals surface area contributed by atoms with Crippen LogP contribution in [0.2, 0.25) is 0 Å². The second-order valence-electron chi connectivity index (χ2n) is 5.44. The fraction of sp³-hybridized carbons (Fsp3) is 0.600. The van der Waals surface area contributed by atoms with Gasteiger partial charge in [-0.2, -0.15) is 0 Å². The number of hydrogen-bond acceptors (Lipinski definition) is 4. The zero-order valence-corrected chi connectivity index (χ0v) is 12.0. The van der Waals surface area contributed by atoms with Gasteiger partial charge in [-0.1, -0.05) is 13.3 Å². The van der Waals surface area contributed by atoms with Gasteiger partial charge in [0, 0.05) is 31.0 Å². The molecule has 0 radical (unpaired) electrons. The molecule has 1 saturated heterocycles. The number of likely N-dealkylation sites (tertiary alicyclic amines) is 1. The van der Waals surface area contributed by atoms with Crippen LogP contribution in [0.15, 0.2) is 12.1 Å². The monoisotopic (exact) mass is 277 g/mol. The molecule has 0 aliphatic carbocycles. The van der Waals surface area contributed by atoms with Crippen molar-refractivity contribution in [3.63, 3.8) is 0 Å². The molecule has 1 aromatic rings. The van der Waals surface area contributed by atoms with Crippen LogP contribution in [0.1, 0.15) is 42.2 Å². The highest BCUT2D eigenvalue weighted by atomic mass is 16.3. The highest BCUT2D eigenvalue weighted by Crippen LogP contribution is 2.22. The fourth-order valence-electron chi connectivity index (χ4n) is 2.74. The number of anilines is 1. The van der Waals surface area contributed by atoms with Crippen LogP contribution in [-0.4, -0.2) is 40.6 Å². The van der Waals surface area contributed by atoms with E-state index in [1.807, 2.05) is 11.0 Å². The van der Waals surface area contributed by atoms with E-state index in [2.05, 4.69) is 11.9 Å². The molecule has 0 spiro atoms. The normalized spacial score (nSPS) is 18.5. The SMILES string of the molecule is CCCc1cc(C(=O)N2CCC(CCO)C2)cc(N)n1. The molecule has 0 bridgehead atoms. The zero-order valence-electron chi connectivity index (χ0n) is 12.0. The second kappa shape index (κ2) is 6.70. The fourth-order valence-corrected chi connectivity index (χ4v) is 2.74. The van der Waals surface area contributed by atoms with Gasteiger partial charge >= 0.3 is 0 Å². The molecule has 1 unspecified atom stereocenters. The van der Waals surface area contributed by atoms with Crippen LogP contribution in [0.5, 0.6) is 0 Å². The maximum atomic E-state index is 12.5. The molecule has 1 fully saturated rings. The number of aliphatic hydroxyl groups is 1. The lowest BCUT2D eigenvalue weighted by atomic mass is 10.1. The third kappa shape index (κ3) is 3.48. The van der Waals surface area contributed by atoms with Gasteiger partial charge in [-0.05, 0) is 37.3 Å². The number of aromatic nitrogens is 1. The van der Waals surface area contributed by atoms with Crippen molar-refractivity contribution in [2.75, 3.05) is 25.4 Å². The van der Waals surface area contributed by atoms with Crippen molar-refractivity contribution in [3.8, 4) is 0 Å². The molecule has 5 heteroatoms. The Morgan fingerprint density at radius 3 is 3.05 bits per heavy atom. The van der Waals surface area contributed by atoms with Crippen LogP contribution in [-0.2, 0) is 6.42 Å². The molecular formula is C15H23N3O2. The Morgan fingerprint density at radius 1 is 1.55 bits per heavy atom. The first-order chi connectivity index (χ1) is 9.63. The smallest absolute Gasteiger partial charge is 0.254 e. The minimum Gasteiger partial charge on any atom is -0.396 e. The minimum atomic E-state index is 0.0249. The second-order valence-corrected chi connectivity index (χ2v) is 5.44. The van der Waals surface area contributed by atoms with E-state index in [1.165, 1.54) is 0 Å². The Balaban J connectivity index is 2.09. The van der Waals surface area contributed by atoms with Crippen LogP contribution in [0.25, 0.3) is 0 Å². The lowest BCUT2D eigenvalue weighted by molar-refractivity contribution is 0.0784. The molecule has 1 amide bonds. The summed E-state index contributed by atoms with van der Waals surface area (Å²) in [5.74, 6) is 0.848. The van der Waals surface area contributed by atoms with Gasteiger partial charge in [-0.25, -0.2) is 4.98 Å². The van der Waals surface area contributed by atoms with Gasteiger partial charge in [0.2, 0.25) is 0 Å². The standard InChI is InChI=1S/C15H23N3O2/c1-2-3-13-8-12(9-14(16)17-13)15(20)18-6-4-11(10-18)5-7-19/h8-9,11,19H,2-7,10H2,1H3,(H2,16,17). The lowest BCUT2D eigenvalue weighted by Gasteiger charge is -2.17. The first kappa shape index (κ1) is 14.8. The van der Waals surface area contributed by atoms with E-state index < -0.39 is 0 Å². The van der Waals surface area contributed by atoms with Crippen LogP contribution in [0.3, 0.4) is 0 Å². The van der Waals surface area contributed by atoms with Crippen LogP contribution < -0.4 is 5.73 Å². The summed E-state index contributed by atoms with van der Waals surface area (Å²) < 4.78 is 0. The van der Waals surface area contributed by atoms with Gasteiger partial charge < -0.3 is 15.7 Å². The number of aliphatic hydroxyl groups excluding tert-OH is 1. The Morgan fingerprint density at radius 2 is 2.35 bits per heavy atom. The molecule has 20 heavy (non-hydrogen) atoms. The highest BCUT2D eigenvalue weighted by molar-refractivity contribution is 5.95. The van der Waals surface area contributed by atoms with E-state index in [0.717, 1.165) is 44.5 Å². The molecule has 1 aliphatic heterocycles. The number of hydrogen-bond donors (Lipinski definition) is 2. The van der Waals surface area contributed by atoms with Gasteiger partial charge in [0.15, 0.2) is 0 Å². The number of rotatable bonds is 5. The van der Waals surface area contributed by atoms with Crippen LogP contribution in [0.4, 0.5) is 5.82 Å². The molecule has 0 aromatic carbocycles. The van der Waals surface area contributed by atoms with E-state index in [4.69, 9.17) is 10.8 Å². The Bertz CT molecular complexity index is 476. The number of aryl methyl sites for hydroxylation is 1. The average molecular weight is 277 g/mol. The molecule has 2 heterocycles. The van der Waals surface area contributed by atoms with Crippen molar-refractivity contribution in [2.24, 2.45) is 5.92 Å². The molecule has 2 rings (SSSR count). The summed E-state index contributed by atoms with van der Waals surface area (Å²) in [6.07, 6.45) is 3.54. The largest absolute Gasteiger partial charge is 0.396 e. The minimum absolute atomic E-state index is 0.0249. The number of nitrogens with zero attached hydrogens (tertiary/aromatic N) is 2. The number of pyridine rings is 1. The van der Waals surface area contributed by atoms with Gasteiger partial charge in [-0.3, -0.25) is 4.79 Å². The quantitative estimate of drug-likeness (QED) is 0.854. The van der Waals surface area contributed by atoms with E-state index in [0.29, 0.717) is 17.3 Å². The van der Waals surface area contributed by atoms with Crippen molar-refractivity contribution in [1.29, 1.82) is 0 Å². The molecule has 5 nitrogen and oxygen atoms in total. The Labute approximate surface area is 119 Å². The summed E-state index contributed by atoms with van der Waals surface area (Å²) in [5.41, 5.74) is 7.29. The Hall–Kier alpha value is -1.62. The van der Waals surface area contributed by atoms with E-state index in [-0.39, 0.29) is 12.5 Å². The summed E-state index contributed by atoms with van der Waals surface area (Å²) in [5, 5.41) is 8.97. The van der Waals surface area contributed by atoms with E-state index in [9.17, 15) is 4.79 Å². The summed E-state index contributed by atoms with van der Waals surface area (Å²) in [6, 6.07) is 3.50. The van der Waals surface area contributed by atoms with Crippen molar-refractivity contribution in [1.82, 2.24) is 9.88 Å². The maximum Gasteiger partial charge on any atom is 0.254 e. The molecule has 110 valence electrons. The van der Waals surface area contributed by atoms with Crippen LogP contribution in [0, 0.1) is 5.92 Å². The lowest BCUT2D eigenvalue weighted by Crippen LogP contribution is -2.29. The number of carbonyl (C=O) groups excluding carboxylic acids is 1. The Kier molecular flexibility index (Phi) is 4.95. The predicted octanol–water partition coefficient (Wildman–Crippen LogP) is 1.46. The maximum absolute atomic E-state index is 12.5. The highest BCUT2D eigenvalue weighted by Gasteiger charge is 2.26. The summed E-state index contributed by atoms with van der Waals surface area (Å²) in [4.78, 5) is 18.6. The molecule has 3 N–H and O–H groups in total. The van der Waals surface area contributed by atoms with Gasteiger partial charge in [-0.15, -0.1) is 0 Å².